The standard InChI is InChI=1S/C29H43N5O3/c1-6-7-22-16-21(4)31-29(36)26(22)19-30-28(35)25-17-23(18-27-24(25)8-9-34(27)20(2)3)37-15-14-33-12-10-32(5)11-13-33/h8-9,16-18,20,29,31,36H,6-7,10-15,19H2,1-5H3,(H,30,35). The van der Waals surface area contributed by atoms with Crippen LogP contribution in [0.25, 0.3) is 10.9 Å². The highest BCUT2D eigenvalue weighted by atomic mass is 16.5. The Morgan fingerprint density at radius 1 is 1.24 bits per heavy atom. The molecule has 3 heterocycles. The molecule has 1 atom stereocenters. The number of hydrogen-bond acceptors (Lipinski definition) is 6. The van der Waals surface area contributed by atoms with E-state index in [1.54, 1.807) is 0 Å². The van der Waals surface area contributed by atoms with Crippen LogP contribution in [0.3, 0.4) is 0 Å². The number of piperazine rings is 1. The molecule has 0 radical (unpaired) electrons. The number of aliphatic hydroxyl groups excluding tert-OH is 1. The molecule has 2 aliphatic heterocycles. The minimum absolute atomic E-state index is 0.169. The second-order valence-electron chi connectivity index (χ2n) is 10.6. The molecule has 37 heavy (non-hydrogen) atoms. The van der Waals surface area contributed by atoms with E-state index in [9.17, 15) is 9.90 Å². The van der Waals surface area contributed by atoms with E-state index in [4.69, 9.17) is 4.74 Å². The van der Waals surface area contributed by atoms with Crippen LogP contribution in [-0.4, -0.2) is 84.5 Å². The number of nitrogens with one attached hydrogen (secondary N) is 2. The Balaban J connectivity index is 1.53. The van der Waals surface area contributed by atoms with Crippen LogP contribution < -0.4 is 15.4 Å². The Labute approximate surface area is 220 Å². The summed E-state index contributed by atoms with van der Waals surface area (Å²) in [6.07, 6.45) is 5.13. The van der Waals surface area contributed by atoms with Crippen LogP contribution in [0.2, 0.25) is 0 Å². The molecule has 202 valence electrons. The monoisotopic (exact) mass is 509 g/mol. The normalized spacial score (nSPS) is 19.3. The lowest BCUT2D eigenvalue weighted by Gasteiger charge is -2.32. The van der Waals surface area contributed by atoms with Crippen LogP contribution in [0.4, 0.5) is 0 Å². The SMILES string of the molecule is CCCC1=C(CNC(=O)c2cc(OCCN3CCN(C)CC3)cc3c2ccn3C(C)C)C(O)NC(C)=C1. The molecule has 8 heteroatoms. The molecule has 0 aliphatic carbocycles. The number of carbonyl (C=O) groups excluding carboxylic acids is 1. The van der Waals surface area contributed by atoms with Crippen LogP contribution in [0.15, 0.2) is 47.3 Å². The largest absolute Gasteiger partial charge is 0.492 e. The maximum absolute atomic E-state index is 13.5. The van der Waals surface area contributed by atoms with Gasteiger partial charge in [0.2, 0.25) is 0 Å². The first-order valence-electron chi connectivity index (χ1n) is 13.6. The number of rotatable bonds is 10. The summed E-state index contributed by atoms with van der Waals surface area (Å²) in [4.78, 5) is 18.3. The van der Waals surface area contributed by atoms with E-state index in [-0.39, 0.29) is 18.5 Å². The Kier molecular flexibility index (Phi) is 8.95. The fraction of sp³-hybridized carbons (Fsp3) is 0.552. The summed E-state index contributed by atoms with van der Waals surface area (Å²) in [7, 11) is 2.16. The van der Waals surface area contributed by atoms with Gasteiger partial charge in [0.15, 0.2) is 0 Å². The van der Waals surface area contributed by atoms with E-state index in [2.05, 4.69) is 58.9 Å². The smallest absolute Gasteiger partial charge is 0.252 e. The van der Waals surface area contributed by atoms with Crippen LogP contribution in [0, 0.1) is 0 Å². The van der Waals surface area contributed by atoms with Crippen LogP contribution in [0.1, 0.15) is 56.9 Å². The highest BCUT2D eigenvalue weighted by Crippen LogP contribution is 2.29. The van der Waals surface area contributed by atoms with Crippen LogP contribution >= 0.6 is 0 Å². The van der Waals surface area contributed by atoms with Gasteiger partial charge in [-0.25, -0.2) is 0 Å². The van der Waals surface area contributed by atoms with E-state index in [1.165, 1.54) is 0 Å². The van der Waals surface area contributed by atoms with Gasteiger partial charge in [-0.05, 0) is 58.0 Å². The third-order valence-electron chi connectivity index (χ3n) is 7.34. The van der Waals surface area contributed by atoms with E-state index in [0.29, 0.717) is 17.9 Å². The predicted molar refractivity (Wildman–Crippen MR) is 149 cm³/mol. The quantitative estimate of drug-likeness (QED) is 0.455. The predicted octanol–water partition coefficient (Wildman–Crippen LogP) is 3.50. The van der Waals surface area contributed by atoms with Crippen molar-refractivity contribution in [1.82, 2.24) is 25.0 Å². The van der Waals surface area contributed by atoms with Gasteiger partial charge in [-0.15, -0.1) is 0 Å². The average Bonchev–Trinajstić information content (AvgIpc) is 3.28. The fourth-order valence-corrected chi connectivity index (χ4v) is 5.18. The summed E-state index contributed by atoms with van der Waals surface area (Å²) in [5, 5.41) is 17.7. The lowest BCUT2D eigenvalue weighted by atomic mass is 9.97. The van der Waals surface area contributed by atoms with Crippen molar-refractivity contribution in [1.29, 1.82) is 0 Å². The maximum atomic E-state index is 13.5. The first kappa shape index (κ1) is 27.2. The number of dihydropyridines is 1. The second-order valence-corrected chi connectivity index (χ2v) is 10.6. The molecule has 0 spiro atoms. The first-order valence-corrected chi connectivity index (χ1v) is 13.6. The van der Waals surface area contributed by atoms with Crippen LogP contribution in [-0.2, 0) is 0 Å². The number of fused-ring (bicyclic) bond motifs is 1. The Morgan fingerprint density at radius 3 is 2.70 bits per heavy atom. The molecule has 2 aromatic rings. The number of hydrogen-bond donors (Lipinski definition) is 3. The number of ether oxygens (including phenoxy) is 1. The zero-order valence-electron chi connectivity index (χ0n) is 23.0. The number of amides is 1. The van der Waals surface area contributed by atoms with Crippen molar-refractivity contribution >= 4 is 16.8 Å². The van der Waals surface area contributed by atoms with Crippen molar-refractivity contribution in [3.63, 3.8) is 0 Å². The minimum Gasteiger partial charge on any atom is -0.492 e. The van der Waals surface area contributed by atoms with Crippen molar-refractivity contribution < 1.29 is 14.6 Å². The van der Waals surface area contributed by atoms with Gasteiger partial charge in [0.1, 0.15) is 18.6 Å². The molecular formula is C29H43N5O3. The number of nitrogens with zero attached hydrogens (tertiary/aromatic N) is 3. The molecule has 2 aliphatic rings. The molecule has 1 unspecified atom stereocenters. The minimum atomic E-state index is -0.793. The van der Waals surface area contributed by atoms with Crippen molar-refractivity contribution in [3.05, 3.63) is 52.9 Å². The van der Waals surface area contributed by atoms with Gasteiger partial charge in [-0.1, -0.05) is 13.3 Å². The molecule has 8 nitrogen and oxygen atoms in total. The highest BCUT2D eigenvalue weighted by Gasteiger charge is 2.22. The maximum Gasteiger partial charge on any atom is 0.252 e. The molecule has 1 fully saturated rings. The third kappa shape index (κ3) is 6.55. The van der Waals surface area contributed by atoms with E-state index >= 15 is 0 Å². The van der Waals surface area contributed by atoms with Gasteiger partial charge in [0, 0.05) is 74.2 Å². The summed E-state index contributed by atoms with van der Waals surface area (Å²) in [5.41, 5.74) is 4.42. The molecule has 0 bridgehead atoms. The zero-order valence-corrected chi connectivity index (χ0v) is 23.0. The molecule has 3 N–H and O–H groups in total. The second kappa shape index (κ2) is 12.2. The van der Waals surface area contributed by atoms with Gasteiger partial charge >= 0.3 is 0 Å². The Bertz CT molecular complexity index is 1160. The summed E-state index contributed by atoms with van der Waals surface area (Å²) >= 11 is 0. The third-order valence-corrected chi connectivity index (χ3v) is 7.34. The molecule has 1 aromatic carbocycles. The van der Waals surface area contributed by atoms with E-state index in [0.717, 1.165) is 73.3 Å². The number of likely N-dealkylation sites (N-methyl/N-ethyl adjacent to an activating group) is 1. The molecule has 1 saturated heterocycles. The lowest BCUT2D eigenvalue weighted by molar-refractivity contribution is 0.0953. The van der Waals surface area contributed by atoms with Crippen LogP contribution in [0.5, 0.6) is 5.75 Å². The molecule has 4 rings (SSSR count). The zero-order chi connectivity index (χ0) is 26.5. The first-order chi connectivity index (χ1) is 17.8. The van der Waals surface area contributed by atoms with E-state index in [1.807, 2.05) is 31.3 Å². The summed E-state index contributed by atoms with van der Waals surface area (Å²) in [6, 6.07) is 6.16. The molecule has 0 saturated carbocycles. The van der Waals surface area contributed by atoms with Gasteiger partial charge < -0.3 is 29.9 Å². The topological polar surface area (TPSA) is 82.0 Å². The van der Waals surface area contributed by atoms with Crippen molar-refractivity contribution in [2.24, 2.45) is 0 Å². The Morgan fingerprint density at radius 2 is 2.00 bits per heavy atom. The average molecular weight is 510 g/mol. The fourth-order valence-electron chi connectivity index (χ4n) is 5.18. The van der Waals surface area contributed by atoms with Gasteiger partial charge in [-0.2, -0.15) is 0 Å². The Hall–Kier alpha value is -2.81. The van der Waals surface area contributed by atoms with Gasteiger partial charge in [-0.3, -0.25) is 9.69 Å². The number of carbonyl (C=O) groups is 1. The number of allylic oxidation sites excluding steroid dienone is 3. The summed E-state index contributed by atoms with van der Waals surface area (Å²) < 4.78 is 8.37. The molecule has 1 aromatic heterocycles. The van der Waals surface area contributed by atoms with Crippen molar-refractivity contribution in [2.75, 3.05) is 52.9 Å². The van der Waals surface area contributed by atoms with E-state index < -0.39 is 6.23 Å². The van der Waals surface area contributed by atoms with Crippen molar-refractivity contribution in [2.45, 2.75) is 52.8 Å². The van der Waals surface area contributed by atoms with Crippen molar-refractivity contribution in [3.8, 4) is 5.75 Å². The highest BCUT2D eigenvalue weighted by molar-refractivity contribution is 6.07. The molecular weight excluding hydrogens is 466 g/mol. The van der Waals surface area contributed by atoms with Gasteiger partial charge in [0.05, 0.1) is 11.1 Å². The summed E-state index contributed by atoms with van der Waals surface area (Å²) in [6.45, 7) is 14.3. The lowest BCUT2D eigenvalue weighted by Crippen LogP contribution is -2.45. The number of aromatic nitrogens is 1. The van der Waals surface area contributed by atoms with Gasteiger partial charge in [0.25, 0.3) is 5.91 Å². The summed E-state index contributed by atoms with van der Waals surface area (Å²) in [5.74, 6) is 0.536. The number of aliphatic hydroxyl groups is 1. The number of benzene rings is 1. The molecule has 1 amide bonds.